The number of amides is 1. The molecule has 1 fully saturated rings. The number of ether oxygens (including phenoxy) is 1. The minimum Gasteiger partial charge on any atom is -0.381 e. The van der Waals surface area contributed by atoms with Gasteiger partial charge >= 0.3 is 0 Å². The minimum atomic E-state index is -0.242. The van der Waals surface area contributed by atoms with E-state index in [0.717, 1.165) is 36.5 Å². The van der Waals surface area contributed by atoms with Gasteiger partial charge in [-0.1, -0.05) is 0 Å². The van der Waals surface area contributed by atoms with Gasteiger partial charge in [-0.2, -0.15) is 16.9 Å². The Morgan fingerprint density at radius 1 is 1.50 bits per heavy atom. The van der Waals surface area contributed by atoms with Crippen LogP contribution in [0.2, 0.25) is 0 Å². The van der Waals surface area contributed by atoms with Crippen molar-refractivity contribution in [3.8, 4) is 0 Å². The van der Waals surface area contributed by atoms with Gasteiger partial charge in [0.2, 0.25) is 0 Å². The highest BCUT2D eigenvalue weighted by molar-refractivity contribution is 7.99. The van der Waals surface area contributed by atoms with Gasteiger partial charge in [0.1, 0.15) is 5.69 Å². The van der Waals surface area contributed by atoms with Crippen molar-refractivity contribution in [1.29, 1.82) is 0 Å². The molecule has 0 aliphatic carbocycles. The molecule has 1 amide bonds. The van der Waals surface area contributed by atoms with Crippen LogP contribution in [0.25, 0.3) is 0 Å². The van der Waals surface area contributed by atoms with Crippen molar-refractivity contribution < 1.29 is 9.53 Å². The van der Waals surface area contributed by atoms with E-state index in [1.54, 1.807) is 0 Å². The van der Waals surface area contributed by atoms with Gasteiger partial charge in [-0.05, 0) is 18.9 Å². The van der Waals surface area contributed by atoms with E-state index in [0.29, 0.717) is 11.8 Å². The van der Waals surface area contributed by atoms with Crippen molar-refractivity contribution in [1.82, 2.24) is 15.1 Å². The van der Waals surface area contributed by atoms with E-state index >= 15 is 0 Å². The number of nitrogens with one attached hydrogen (secondary N) is 1. The SMILES string of the molecule is Cn1nc(C(=O)NCCSC2CCOCC2)ccc1=O. The molecule has 1 N–H and O–H groups in total. The van der Waals surface area contributed by atoms with Crippen LogP contribution in [-0.4, -0.2) is 46.4 Å². The molecule has 0 radical (unpaired) electrons. The van der Waals surface area contributed by atoms with Crippen LogP contribution < -0.4 is 10.9 Å². The van der Waals surface area contributed by atoms with Crippen LogP contribution in [0.4, 0.5) is 0 Å². The van der Waals surface area contributed by atoms with Gasteiger partial charge in [0.15, 0.2) is 0 Å². The first-order valence-corrected chi connectivity index (χ1v) is 7.73. The first-order chi connectivity index (χ1) is 9.66. The highest BCUT2D eigenvalue weighted by Gasteiger charge is 2.14. The third-order valence-electron chi connectivity index (χ3n) is 3.10. The van der Waals surface area contributed by atoms with Crippen molar-refractivity contribution in [2.75, 3.05) is 25.5 Å². The molecule has 0 spiro atoms. The maximum Gasteiger partial charge on any atom is 0.271 e. The Labute approximate surface area is 121 Å². The Morgan fingerprint density at radius 2 is 2.25 bits per heavy atom. The lowest BCUT2D eigenvalue weighted by Crippen LogP contribution is -2.30. The molecule has 2 rings (SSSR count). The maximum atomic E-state index is 11.8. The predicted octanol–water partition coefficient (Wildman–Crippen LogP) is 0.422. The molecule has 1 aliphatic heterocycles. The van der Waals surface area contributed by atoms with Crippen LogP contribution in [0, 0.1) is 0 Å². The fourth-order valence-corrected chi connectivity index (χ4v) is 3.03. The number of thioether (sulfide) groups is 1. The minimum absolute atomic E-state index is 0.225. The van der Waals surface area contributed by atoms with Crippen molar-refractivity contribution in [2.24, 2.45) is 7.05 Å². The smallest absolute Gasteiger partial charge is 0.271 e. The molecule has 1 saturated heterocycles. The highest BCUT2D eigenvalue weighted by atomic mass is 32.2. The van der Waals surface area contributed by atoms with Crippen molar-refractivity contribution in [3.05, 3.63) is 28.2 Å². The van der Waals surface area contributed by atoms with E-state index in [4.69, 9.17) is 4.74 Å². The Bertz CT molecular complexity index is 512. The molecule has 1 aromatic heterocycles. The molecule has 7 heteroatoms. The summed E-state index contributed by atoms with van der Waals surface area (Å²) in [6, 6.07) is 2.79. The topological polar surface area (TPSA) is 73.2 Å². The van der Waals surface area contributed by atoms with Gasteiger partial charge in [0.25, 0.3) is 11.5 Å². The largest absolute Gasteiger partial charge is 0.381 e. The summed E-state index contributed by atoms with van der Waals surface area (Å²) in [5.41, 5.74) is 0.0415. The summed E-state index contributed by atoms with van der Waals surface area (Å²) in [6.45, 7) is 2.28. The fraction of sp³-hybridized carbons (Fsp3) is 0.615. The molecule has 1 aromatic rings. The monoisotopic (exact) mass is 297 g/mol. The predicted molar refractivity (Wildman–Crippen MR) is 78.1 cm³/mol. The third-order valence-corrected chi connectivity index (χ3v) is 4.49. The lowest BCUT2D eigenvalue weighted by Gasteiger charge is -2.21. The quantitative estimate of drug-likeness (QED) is 0.798. The number of rotatable bonds is 5. The Balaban J connectivity index is 1.71. The molecular formula is C13H19N3O3S. The third kappa shape index (κ3) is 4.35. The molecule has 6 nitrogen and oxygen atoms in total. The van der Waals surface area contributed by atoms with Crippen LogP contribution in [0.3, 0.4) is 0 Å². The van der Waals surface area contributed by atoms with Crippen LogP contribution in [-0.2, 0) is 11.8 Å². The second-order valence-electron chi connectivity index (χ2n) is 4.62. The Hall–Kier alpha value is -1.34. The molecule has 0 bridgehead atoms. The summed E-state index contributed by atoms with van der Waals surface area (Å²) in [5, 5.41) is 7.36. The normalized spacial score (nSPS) is 16.1. The summed E-state index contributed by atoms with van der Waals surface area (Å²) in [6.07, 6.45) is 2.17. The number of hydrogen-bond acceptors (Lipinski definition) is 5. The summed E-state index contributed by atoms with van der Waals surface area (Å²) in [5.74, 6) is 0.635. The number of carbonyl (C=O) groups excluding carboxylic acids is 1. The number of nitrogens with zero attached hydrogens (tertiary/aromatic N) is 2. The van der Waals surface area contributed by atoms with E-state index in [9.17, 15) is 9.59 Å². The Morgan fingerprint density at radius 3 is 2.95 bits per heavy atom. The lowest BCUT2D eigenvalue weighted by molar-refractivity contribution is 0.0948. The van der Waals surface area contributed by atoms with Crippen molar-refractivity contribution >= 4 is 17.7 Å². The average molecular weight is 297 g/mol. The molecule has 0 aromatic carbocycles. The Kier molecular flexibility index (Phi) is 5.60. The first-order valence-electron chi connectivity index (χ1n) is 6.69. The lowest BCUT2D eigenvalue weighted by atomic mass is 10.2. The van der Waals surface area contributed by atoms with Gasteiger partial charge in [-0.25, -0.2) is 4.68 Å². The molecule has 2 heterocycles. The zero-order chi connectivity index (χ0) is 14.4. The summed E-state index contributed by atoms with van der Waals surface area (Å²) in [7, 11) is 1.53. The zero-order valence-electron chi connectivity index (χ0n) is 11.5. The fourth-order valence-electron chi connectivity index (χ4n) is 1.95. The number of carbonyl (C=O) groups is 1. The molecule has 1 aliphatic rings. The molecule has 20 heavy (non-hydrogen) atoms. The zero-order valence-corrected chi connectivity index (χ0v) is 12.3. The number of hydrogen-bond donors (Lipinski definition) is 1. The second-order valence-corrected chi connectivity index (χ2v) is 6.03. The van der Waals surface area contributed by atoms with Crippen LogP contribution >= 0.6 is 11.8 Å². The van der Waals surface area contributed by atoms with Gasteiger partial charge in [-0.15, -0.1) is 0 Å². The van der Waals surface area contributed by atoms with E-state index in [-0.39, 0.29) is 17.2 Å². The van der Waals surface area contributed by atoms with E-state index in [1.165, 1.54) is 19.2 Å². The van der Waals surface area contributed by atoms with Gasteiger partial charge < -0.3 is 10.1 Å². The molecule has 0 atom stereocenters. The van der Waals surface area contributed by atoms with Gasteiger partial charge in [0, 0.05) is 43.9 Å². The van der Waals surface area contributed by atoms with Crippen LogP contribution in [0.15, 0.2) is 16.9 Å². The van der Waals surface area contributed by atoms with E-state index < -0.39 is 0 Å². The van der Waals surface area contributed by atoms with Gasteiger partial charge in [-0.3, -0.25) is 9.59 Å². The standard InChI is InChI=1S/C13H19N3O3S/c1-16-12(17)3-2-11(15-16)13(18)14-6-9-20-10-4-7-19-8-5-10/h2-3,10H,4-9H2,1H3,(H,14,18). The molecule has 0 unspecified atom stereocenters. The number of aromatic nitrogens is 2. The van der Waals surface area contributed by atoms with Crippen LogP contribution in [0.1, 0.15) is 23.3 Å². The van der Waals surface area contributed by atoms with Crippen molar-refractivity contribution in [2.45, 2.75) is 18.1 Å². The second kappa shape index (κ2) is 7.44. The first kappa shape index (κ1) is 15.1. The van der Waals surface area contributed by atoms with Gasteiger partial charge in [0.05, 0.1) is 0 Å². The van der Waals surface area contributed by atoms with E-state index in [2.05, 4.69) is 10.4 Å². The highest BCUT2D eigenvalue weighted by Crippen LogP contribution is 2.21. The molecule has 0 saturated carbocycles. The van der Waals surface area contributed by atoms with Crippen molar-refractivity contribution in [3.63, 3.8) is 0 Å². The molecule has 110 valence electrons. The summed E-state index contributed by atoms with van der Waals surface area (Å²) < 4.78 is 6.46. The summed E-state index contributed by atoms with van der Waals surface area (Å²) >= 11 is 1.87. The summed E-state index contributed by atoms with van der Waals surface area (Å²) in [4.78, 5) is 23.0. The number of aryl methyl sites for hydroxylation is 1. The average Bonchev–Trinajstić information content (AvgIpc) is 2.47. The van der Waals surface area contributed by atoms with E-state index in [1.807, 2.05) is 11.8 Å². The maximum absolute atomic E-state index is 11.8. The molecular weight excluding hydrogens is 278 g/mol. The van der Waals surface area contributed by atoms with Crippen LogP contribution in [0.5, 0.6) is 0 Å².